The molecular weight excluding hydrogens is 212 g/mol. The average molecular weight is 230 g/mol. The van der Waals surface area contributed by atoms with Gasteiger partial charge in [0.15, 0.2) is 0 Å². The lowest BCUT2D eigenvalue weighted by Crippen LogP contribution is -2.23. The number of anilines is 1. The van der Waals surface area contributed by atoms with E-state index in [0.29, 0.717) is 6.04 Å². The van der Waals surface area contributed by atoms with Gasteiger partial charge in [0.05, 0.1) is 0 Å². The minimum Gasteiger partial charge on any atom is -0.366 e. The molecule has 0 amide bonds. The third kappa shape index (κ3) is 1.54. The molecule has 90 valence electrons. The van der Waals surface area contributed by atoms with Gasteiger partial charge in [0.2, 0.25) is 0 Å². The summed E-state index contributed by atoms with van der Waals surface area (Å²) in [5.41, 5.74) is 2.66. The molecule has 0 bridgehead atoms. The van der Waals surface area contributed by atoms with Crippen LogP contribution in [-0.2, 0) is 12.8 Å². The number of hydrogen-bond donors (Lipinski definition) is 2. The van der Waals surface area contributed by atoms with Crippen molar-refractivity contribution in [2.75, 3.05) is 18.4 Å². The Hall–Kier alpha value is -1.16. The number of aromatic nitrogens is 2. The van der Waals surface area contributed by atoms with Gasteiger partial charge >= 0.3 is 0 Å². The molecule has 0 spiro atoms. The highest BCUT2D eigenvalue weighted by Crippen LogP contribution is 2.44. The minimum atomic E-state index is 0.664. The van der Waals surface area contributed by atoms with Gasteiger partial charge in [-0.05, 0) is 37.5 Å². The van der Waals surface area contributed by atoms with E-state index in [0.717, 1.165) is 30.5 Å². The minimum absolute atomic E-state index is 0.664. The topological polar surface area (TPSA) is 49.8 Å². The first kappa shape index (κ1) is 9.83. The van der Waals surface area contributed by atoms with Crippen LogP contribution < -0.4 is 10.6 Å². The van der Waals surface area contributed by atoms with Gasteiger partial charge in [-0.2, -0.15) is 0 Å². The summed E-state index contributed by atoms with van der Waals surface area (Å²) in [7, 11) is 0. The summed E-state index contributed by atoms with van der Waals surface area (Å²) in [6, 6.07) is 0.664. The Morgan fingerprint density at radius 1 is 1.12 bits per heavy atom. The molecule has 1 aromatic rings. The van der Waals surface area contributed by atoms with Crippen molar-refractivity contribution in [2.24, 2.45) is 11.8 Å². The molecule has 1 saturated heterocycles. The molecule has 1 aliphatic heterocycles. The SMILES string of the molecule is c1nc2c(c(NC3C4CNCC43)n1)CCCC2. The van der Waals surface area contributed by atoms with Crippen LogP contribution in [-0.4, -0.2) is 29.1 Å². The average Bonchev–Trinajstić information content (AvgIpc) is 2.83. The highest BCUT2D eigenvalue weighted by Gasteiger charge is 2.53. The number of fused-ring (bicyclic) bond motifs is 2. The summed E-state index contributed by atoms with van der Waals surface area (Å²) in [6.45, 7) is 2.35. The first-order valence-corrected chi connectivity index (χ1v) is 6.73. The highest BCUT2D eigenvalue weighted by atomic mass is 15.1. The summed E-state index contributed by atoms with van der Waals surface area (Å²) >= 11 is 0. The molecule has 2 aliphatic carbocycles. The maximum absolute atomic E-state index is 4.46. The second-order valence-electron chi connectivity index (χ2n) is 5.51. The number of piperidine rings is 1. The molecule has 3 aliphatic rings. The predicted molar refractivity (Wildman–Crippen MR) is 65.9 cm³/mol. The van der Waals surface area contributed by atoms with E-state index in [2.05, 4.69) is 20.6 Å². The lowest BCUT2D eigenvalue weighted by Gasteiger charge is -2.18. The highest BCUT2D eigenvalue weighted by molar-refractivity contribution is 5.49. The van der Waals surface area contributed by atoms with Crippen molar-refractivity contribution < 1.29 is 0 Å². The van der Waals surface area contributed by atoms with Crippen LogP contribution in [0.1, 0.15) is 24.1 Å². The number of hydrogen-bond acceptors (Lipinski definition) is 4. The van der Waals surface area contributed by atoms with E-state index in [1.807, 2.05) is 0 Å². The molecule has 0 radical (unpaired) electrons. The summed E-state index contributed by atoms with van der Waals surface area (Å²) in [5, 5.41) is 7.08. The molecule has 2 unspecified atom stereocenters. The van der Waals surface area contributed by atoms with Crippen LogP contribution in [0.5, 0.6) is 0 Å². The first-order chi connectivity index (χ1) is 8.43. The lowest BCUT2D eigenvalue weighted by atomic mass is 9.96. The Balaban J connectivity index is 1.57. The van der Waals surface area contributed by atoms with Crippen molar-refractivity contribution in [1.29, 1.82) is 0 Å². The lowest BCUT2D eigenvalue weighted by molar-refractivity contribution is 0.658. The van der Waals surface area contributed by atoms with Gasteiger partial charge in [-0.3, -0.25) is 0 Å². The third-order valence-electron chi connectivity index (χ3n) is 4.52. The molecule has 2 atom stereocenters. The molecular formula is C13H18N4. The second kappa shape index (κ2) is 3.67. The van der Waals surface area contributed by atoms with E-state index >= 15 is 0 Å². The van der Waals surface area contributed by atoms with E-state index in [1.54, 1.807) is 6.33 Å². The maximum Gasteiger partial charge on any atom is 0.133 e. The van der Waals surface area contributed by atoms with Crippen molar-refractivity contribution in [1.82, 2.24) is 15.3 Å². The van der Waals surface area contributed by atoms with Crippen molar-refractivity contribution in [3.63, 3.8) is 0 Å². The molecule has 1 saturated carbocycles. The molecule has 2 N–H and O–H groups in total. The quantitative estimate of drug-likeness (QED) is 0.795. The fourth-order valence-corrected chi connectivity index (χ4v) is 3.44. The van der Waals surface area contributed by atoms with E-state index in [-0.39, 0.29) is 0 Å². The van der Waals surface area contributed by atoms with Gasteiger partial charge in [-0.15, -0.1) is 0 Å². The Labute approximate surface area is 101 Å². The Morgan fingerprint density at radius 3 is 2.82 bits per heavy atom. The normalized spacial score (nSPS) is 34.0. The van der Waals surface area contributed by atoms with Gasteiger partial charge in [-0.25, -0.2) is 9.97 Å². The third-order valence-corrected chi connectivity index (χ3v) is 4.52. The Bertz CT molecular complexity index is 435. The number of nitrogens with one attached hydrogen (secondary N) is 2. The monoisotopic (exact) mass is 230 g/mol. The van der Waals surface area contributed by atoms with Crippen molar-refractivity contribution >= 4 is 5.82 Å². The van der Waals surface area contributed by atoms with Gasteiger partial charge in [0.1, 0.15) is 12.1 Å². The number of aryl methyl sites for hydroxylation is 1. The molecule has 4 heteroatoms. The van der Waals surface area contributed by atoms with Crippen LogP contribution in [0.4, 0.5) is 5.82 Å². The van der Waals surface area contributed by atoms with Gasteiger partial charge < -0.3 is 10.6 Å². The van der Waals surface area contributed by atoms with Gasteiger partial charge in [-0.1, -0.05) is 0 Å². The molecule has 1 aromatic heterocycles. The Kier molecular flexibility index (Phi) is 2.12. The van der Waals surface area contributed by atoms with Crippen LogP contribution in [0.15, 0.2) is 6.33 Å². The van der Waals surface area contributed by atoms with Crippen LogP contribution >= 0.6 is 0 Å². The summed E-state index contributed by atoms with van der Waals surface area (Å²) in [5.74, 6) is 2.79. The fraction of sp³-hybridized carbons (Fsp3) is 0.692. The van der Waals surface area contributed by atoms with Crippen molar-refractivity contribution in [3.8, 4) is 0 Å². The maximum atomic E-state index is 4.46. The predicted octanol–water partition coefficient (Wildman–Crippen LogP) is 0.985. The molecule has 4 nitrogen and oxygen atoms in total. The molecule has 2 fully saturated rings. The van der Waals surface area contributed by atoms with Gasteiger partial charge in [0.25, 0.3) is 0 Å². The van der Waals surface area contributed by atoms with E-state index in [9.17, 15) is 0 Å². The van der Waals surface area contributed by atoms with E-state index in [4.69, 9.17) is 0 Å². The molecule has 4 rings (SSSR count). The standard InChI is InChI=1S/C13H18N4/c1-2-4-11-8(3-1)13(16-7-15-11)17-12-9-5-14-6-10(9)12/h7,9-10,12,14H,1-6H2,(H,15,16,17). The fourth-order valence-electron chi connectivity index (χ4n) is 3.44. The van der Waals surface area contributed by atoms with E-state index < -0.39 is 0 Å². The number of nitrogens with zero attached hydrogens (tertiary/aromatic N) is 2. The zero-order valence-corrected chi connectivity index (χ0v) is 9.95. The first-order valence-electron chi connectivity index (χ1n) is 6.73. The Morgan fingerprint density at radius 2 is 1.94 bits per heavy atom. The molecule has 2 heterocycles. The molecule has 17 heavy (non-hydrogen) atoms. The van der Waals surface area contributed by atoms with Crippen LogP contribution in [0.25, 0.3) is 0 Å². The van der Waals surface area contributed by atoms with Crippen LogP contribution in [0, 0.1) is 11.8 Å². The second-order valence-corrected chi connectivity index (χ2v) is 5.51. The van der Waals surface area contributed by atoms with Crippen molar-refractivity contribution in [2.45, 2.75) is 31.7 Å². The zero-order valence-electron chi connectivity index (χ0n) is 9.95. The summed E-state index contributed by atoms with van der Waals surface area (Å²) in [6.07, 6.45) is 6.57. The van der Waals surface area contributed by atoms with Crippen LogP contribution in [0.2, 0.25) is 0 Å². The van der Waals surface area contributed by atoms with E-state index in [1.165, 1.54) is 37.2 Å². The summed E-state index contributed by atoms with van der Waals surface area (Å²) in [4.78, 5) is 8.87. The molecule has 0 aromatic carbocycles. The largest absolute Gasteiger partial charge is 0.366 e. The zero-order chi connectivity index (χ0) is 11.2. The number of rotatable bonds is 2. The van der Waals surface area contributed by atoms with Crippen molar-refractivity contribution in [3.05, 3.63) is 17.6 Å². The smallest absolute Gasteiger partial charge is 0.133 e. The van der Waals surface area contributed by atoms with Crippen LogP contribution in [0.3, 0.4) is 0 Å². The van der Waals surface area contributed by atoms with Gasteiger partial charge in [0, 0.05) is 30.4 Å². The summed E-state index contributed by atoms with van der Waals surface area (Å²) < 4.78 is 0.